The minimum Gasteiger partial charge on any atom is -0.454 e. The van der Waals surface area contributed by atoms with Gasteiger partial charge < -0.3 is 9.30 Å². The van der Waals surface area contributed by atoms with Crippen LogP contribution in [-0.2, 0) is 32.7 Å². The van der Waals surface area contributed by atoms with Crippen LogP contribution in [-0.4, -0.2) is 42.3 Å². The van der Waals surface area contributed by atoms with Gasteiger partial charge in [-0.1, -0.05) is 12.1 Å². The van der Waals surface area contributed by atoms with Crippen LogP contribution >= 0.6 is 0 Å². The minimum atomic E-state index is -3.58. The molecule has 158 valence electrons. The lowest BCUT2D eigenvalue weighted by Gasteiger charge is -2.11. The highest BCUT2D eigenvalue weighted by atomic mass is 32.2. The number of sulfonamides is 1. The fraction of sp³-hybridized carbons (Fsp3) is 0.238. The van der Waals surface area contributed by atoms with Crippen LogP contribution in [0.25, 0.3) is 17.1 Å². The van der Waals surface area contributed by atoms with Gasteiger partial charge >= 0.3 is 5.97 Å². The summed E-state index contributed by atoms with van der Waals surface area (Å²) < 4.78 is 46.1. The number of carbonyl (C=O) groups is 1. The zero-order valence-corrected chi connectivity index (χ0v) is 17.7. The SMILES string of the molecule is CCn1c(COC(=O)/C=C/c2cccc(F)c2)nc2cc(S(=O)(=O)N(C)C)ccc21. The van der Waals surface area contributed by atoms with Crippen LogP contribution in [0.2, 0.25) is 0 Å². The third-order valence-electron chi connectivity index (χ3n) is 4.50. The standard InChI is InChI=1S/C21H22FN3O4S/c1-4-25-19-10-9-17(30(27,28)24(2)3)13-18(19)23-20(25)14-29-21(26)11-8-15-6-5-7-16(22)12-15/h5-13H,4,14H2,1-3H3/b11-8+. The summed E-state index contributed by atoms with van der Waals surface area (Å²) in [5.41, 5.74) is 1.79. The first-order chi connectivity index (χ1) is 14.2. The zero-order chi connectivity index (χ0) is 21.9. The van der Waals surface area contributed by atoms with E-state index in [2.05, 4.69) is 4.98 Å². The molecule has 0 radical (unpaired) electrons. The zero-order valence-electron chi connectivity index (χ0n) is 16.9. The largest absolute Gasteiger partial charge is 0.454 e. The molecular weight excluding hydrogens is 409 g/mol. The fourth-order valence-electron chi connectivity index (χ4n) is 2.95. The smallest absolute Gasteiger partial charge is 0.331 e. The summed E-state index contributed by atoms with van der Waals surface area (Å²) in [6.45, 7) is 2.41. The van der Waals surface area contributed by atoms with Crippen LogP contribution in [0.1, 0.15) is 18.3 Å². The van der Waals surface area contributed by atoms with Crippen LogP contribution in [0.3, 0.4) is 0 Å². The first-order valence-electron chi connectivity index (χ1n) is 9.24. The Bertz CT molecular complexity index is 1220. The highest BCUT2D eigenvalue weighted by molar-refractivity contribution is 7.89. The first kappa shape index (κ1) is 21.7. The Balaban J connectivity index is 1.79. The quantitative estimate of drug-likeness (QED) is 0.424. The van der Waals surface area contributed by atoms with Crippen molar-refractivity contribution in [2.24, 2.45) is 0 Å². The summed E-state index contributed by atoms with van der Waals surface area (Å²) in [5, 5.41) is 0. The summed E-state index contributed by atoms with van der Waals surface area (Å²) in [6.07, 6.45) is 2.68. The molecule has 9 heteroatoms. The highest BCUT2D eigenvalue weighted by Crippen LogP contribution is 2.22. The van der Waals surface area contributed by atoms with E-state index >= 15 is 0 Å². The van der Waals surface area contributed by atoms with E-state index in [1.807, 2.05) is 11.5 Å². The summed E-state index contributed by atoms with van der Waals surface area (Å²) in [5.74, 6) is -0.484. The lowest BCUT2D eigenvalue weighted by atomic mass is 10.2. The van der Waals surface area contributed by atoms with Gasteiger partial charge in [-0.25, -0.2) is 26.9 Å². The monoisotopic (exact) mass is 431 g/mol. The lowest BCUT2D eigenvalue weighted by Crippen LogP contribution is -2.22. The van der Waals surface area contributed by atoms with Crippen LogP contribution in [0, 0.1) is 5.82 Å². The normalized spacial score (nSPS) is 12.2. The van der Waals surface area contributed by atoms with Crippen molar-refractivity contribution in [2.45, 2.75) is 25.0 Å². The predicted octanol–water partition coefficient (Wildman–Crippen LogP) is 3.20. The molecule has 0 saturated heterocycles. The topological polar surface area (TPSA) is 81.5 Å². The van der Waals surface area contributed by atoms with Gasteiger partial charge in [0.2, 0.25) is 10.0 Å². The van der Waals surface area contributed by atoms with Gasteiger partial charge in [0.25, 0.3) is 0 Å². The molecule has 0 saturated carbocycles. The number of hydrogen-bond acceptors (Lipinski definition) is 5. The van der Waals surface area contributed by atoms with E-state index in [1.54, 1.807) is 18.2 Å². The van der Waals surface area contributed by atoms with Crippen LogP contribution < -0.4 is 0 Å². The molecule has 0 unspecified atom stereocenters. The molecule has 0 N–H and O–H groups in total. The summed E-state index contributed by atoms with van der Waals surface area (Å²) in [7, 11) is -0.649. The van der Waals surface area contributed by atoms with Crippen LogP contribution in [0.4, 0.5) is 4.39 Å². The number of esters is 1. The molecule has 3 rings (SSSR count). The van der Waals surface area contributed by atoms with Gasteiger partial charge in [-0.3, -0.25) is 0 Å². The maximum absolute atomic E-state index is 13.2. The van der Waals surface area contributed by atoms with Crippen molar-refractivity contribution in [3.8, 4) is 0 Å². The number of nitrogens with zero attached hydrogens (tertiary/aromatic N) is 3. The first-order valence-corrected chi connectivity index (χ1v) is 10.7. The number of hydrogen-bond donors (Lipinski definition) is 0. The van der Waals surface area contributed by atoms with E-state index in [0.717, 1.165) is 9.82 Å². The third-order valence-corrected chi connectivity index (χ3v) is 6.31. The van der Waals surface area contributed by atoms with Crippen molar-refractivity contribution in [1.82, 2.24) is 13.9 Å². The van der Waals surface area contributed by atoms with Crippen molar-refractivity contribution < 1.29 is 22.3 Å². The van der Waals surface area contributed by atoms with Crippen molar-refractivity contribution in [3.63, 3.8) is 0 Å². The molecule has 0 amide bonds. The molecule has 0 bridgehead atoms. The number of rotatable bonds is 7. The maximum Gasteiger partial charge on any atom is 0.331 e. The second-order valence-corrected chi connectivity index (χ2v) is 8.86. The highest BCUT2D eigenvalue weighted by Gasteiger charge is 2.19. The van der Waals surface area contributed by atoms with Gasteiger partial charge in [-0.2, -0.15) is 0 Å². The Labute approximate surface area is 174 Å². The Hall–Kier alpha value is -3.04. The van der Waals surface area contributed by atoms with Gasteiger partial charge in [0.1, 0.15) is 18.2 Å². The van der Waals surface area contributed by atoms with E-state index < -0.39 is 21.8 Å². The summed E-state index contributed by atoms with van der Waals surface area (Å²) in [4.78, 5) is 16.6. The molecule has 1 heterocycles. The summed E-state index contributed by atoms with van der Waals surface area (Å²) in [6, 6.07) is 10.6. The molecule has 7 nitrogen and oxygen atoms in total. The van der Waals surface area contributed by atoms with Gasteiger partial charge in [0.05, 0.1) is 15.9 Å². The number of imidazole rings is 1. The second kappa shape index (κ2) is 8.76. The minimum absolute atomic E-state index is 0.0788. The molecule has 0 fully saturated rings. The van der Waals surface area contributed by atoms with Gasteiger partial charge in [0, 0.05) is 26.7 Å². The van der Waals surface area contributed by atoms with E-state index in [1.165, 1.54) is 50.5 Å². The van der Waals surface area contributed by atoms with Crippen molar-refractivity contribution >= 4 is 33.1 Å². The van der Waals surface area contributed by atoms with E-state index in [-0.39, 0.29) is 11.5 Å². The maximum atomic E-state index is 13.2. The Morgan fingerprint density at radius 2 is 2.00 bits per heavy atom. The molecule has 0 atom stereocenters. The lowest BCUT2D eigenvalue weighted by molar-refractivity contribution is -0.139. The second-order valence-electron chi connectivity index (χ2n) is 6.71. The van der Waals surface area contributed by atoms with Crippen LogP contribution in [0.5, 0.6) is 0 Å². The molecule has 30 heavy (non-hydrogen) atoms. The molecule has 0 aliphatic heterocycles. The number of fused-ring (bicyclic) bond motifs is 1. The average molecular weight is 431 g/mol. The Kier molecular flexibility index (Phi) is 6.33. The Morgan fingerprint density at radius 3 is 2.67 bits per heavy atom. The molecular formula is C21H22FN3O4S. The third kappa shape index (κ3) is 4.58. The van der Waals surface area contributed by atoms with Gasteiger partial charge in [-0.15, -0.1) is 0 Å². The number of halogens is 1. The van der Waals surface area contributed by atoms with E-state index in [4.69, 9.17) is 4.74 Å². The molecule has 2 aromatic carbocycles. The molecule has 0 aliphatic rings. The molecule has 3 aromatic rings. The molecule has 0 spiro atoms. The fourth-order valence-corrected chi connectivity index (χ4v) is 3.87. The van der Waals surface area contributed by atoms with E-state index in [0.29, 0.717) is 23.4 Å². The van der Waals surface area contributed by atoms with E-state index in [9.17, 15) is 17.6 Å². The molecule has 0 aliphatic carbocycles. The predicted molar refractivity (Wildman–Crippen MR) is 112 cm³/mol. The molecule has 1 aromatic heterocycles. The van der Waals surface area contributed by atoms with Crippen molar-refractivity contribution in [3.05, 3.63) is 65.7 Å². The average Bonchev–Trinajstić information content (AvgIpc) is 3.07. The van der Waals surface area contributed by atoms with Gasteiger partial charge in [0.15, 0.2) is 0 Å². The number of aryl methyl sites for hydroxylation is 1. The number of benzene rings is 2. The number of aromatic nitrogens is 2. The summed E-state index contributed by atoms with van der Waals surface area (Å²) >= 11 is 0. The van der Waals surface area contributed by atoms with Crippen molar-refractivity contribution in [2.75, 3.05) is 14.1 Å². The number of ether oxygens (including phenoxy) is 1. The van der Waals surface area contributed by atoms with Gasteiger partial charge in [-0.05, 0) is 48.9 Å². The van der Waals surface area contributed by atoms with Crippen LogP contribution in [0.15, 0.2) is 53.4 Å². The van der Waals surface area contributed by atoms with Crippen molar-refractivity contribution in [1.29, 1.82) is 0 Å². The number of carbonyl (C=O) groups excluding carboxylic acids is 1. The Morgan fingerprint density at radius 1 is 1.23 bits per heavy atom.